The predicted molar refractivity (Wildman–Crippen MR) is 47.6 cm³/mol. The van der Waals surface area contributed by atoms with Crippen LogP contribution < -0.4 is 4.74 Å². The van der Waals surface area contributed by atoms with Crippen LogP contribution >= 0.6 is 12.6 Å². The number of benzene rings is 1. The molecule has 0 fully saturated rings. The monoisotopic (exact) mass is 185 g/mol. The first-order valence-electron chi connectivity index (χ1n) is 3.22. The fourth-order valence-corrected chi connectivity index (χ4v) is 0.910. The largest absolute Gasteiger partial charge is 0.483 e. The van der Waals surface area contributed by atoms with Crippen LogP contribution in [-0.4, -0.2) is 10.9 Å². The van der Waals surface area contributed by atoms with E-state index in [0.29, 0.717) is 5.75 Å². The SMILES string of the molecule is O=[N+]([O-])c1cccc(OCS)c1. The van der Waals surface area contributed by atoms with Crippen molar-refractivity contribution < 1.29 is 9.66 Å². The first-order chi connectivity index (χ1) is 5.74. The van der Waals surface area contributed by atoms with Crippen molar-refractivity contribution in [1.82, 2.24) is 0 Å². The number of nitro benzene ring substituents is 1. The Morgan fingerprint density at radius 2 is 2.33 bits per heavy atom. The van der Waals surface area contributed by atoms with Gasteiger partial charge in [-0.1, -0.05) is 6.07 Å². The van der Waals surface area contributed by atoms with Crippen molar-refractivity contribution in [1.29, 1.82) is 0 Å². The summed E-state index contributed by atoms with van der Waals surface area (Å²) in [5.41, 5.74) is 0.0225. The van der Waals surface area contributed by atoms with Gasteiger partial charge >= 0.3 is 0 Å². The number of ether oxygens (including phenoxy) is 1. The van der Waals surface area contributed by atoms with Crippen LogP contribution in [0.4, 0.5) is 5.69 Å². The molecule has 0 amide bonds. The number of non-ortho nitro benzene ring substituents is 1. The van der Waals surface area contributed by atoms with Gasteiger partial charge in [0.15, 0.2) is 0 Å². The second-order valence-corrected chi connectivity index (χ2v) is 2.29. The molecule has 0 N–H and O–H groups in total. The maximum absolute atomic E-state index is 10.3. The summed E-state index contributed by atoms with van der Waals surface area (Å²) < 4.78 is 4.96. The van der Waals surface area contributed by atoms with Gasteiger partial charge in [0, 0.05) is 6.07 Å². The van der Waals surface area contributed by atoms with Crippen LogP contribution in [0.5, 0.6) is 5.75 Å². The van der Waals surface area contributed by atoms with Crippen molar-refractivity contribution in [3.63, 3.8) is 0 Å². The third-order valence-electron chi connectivity index (χ3n) is 1.26. The first-order valence-corrected chi connectivity index (χ1v) is 3.85. The highest BCUT2D eigenvalue weighted by Crippen LogP contribution is 2.18. The van der Waals surface area contributed by atoms with E-state index in [9.17, 15) is 10.1 Å². The minimum absolute atomic E-state index is 0.0225. The van der Waals surface area contributed by atoms with E-state index in [1.807, 2.05) is 0 Å². The summed E-state index contributed by atoms with van der Waals surface area (Å²) in [4.78, 5) is 9.82. The molecule has 1 aromatic carbocycles. The highest BCUT2D eigenvalue weighted by molar-refractivity contribution is 7.80. The van der Waals surface area contributed by atoms with Crippen molar-refractivity contribution in [3.8, 4) is 5.75 Å². The molecule has 0 bridgehead atoms. The van der Waals surface area contributed by atoms with Gasteiger partial charge in [0.25, 0.3) is 5.69 Å². The lowest BCUT2D eigenvalue weighted by Gasteiger charge is -2.00. The summed E-state index contributed by atoms with van der Waals surface area (Å²) in [5, 5.41) is 10.3. The molecule has 0 spiro atoms. The summed E-state index contributed by atoms with van der Waals surface area (Å²) in [5.74, 6) is 0.667. The van der Waals surface area contributed by atoms with E-state index in [-0.39, 0.29) is 11.6 Å². The zero-order chi connectivity index (χ0) is 8.97. The van der Waals surface area contributed by atoms with Gasteiger partial charge in [-0.15, -0.1) is 12.6 Å². The molecule has 5 heteroatoms. The lowest BCUT2D eigenvalue weighted by Crippen LogP contribution is -1.91. The van der Waals surface area contributed by atoms with Crippen LogP contribution in [0.3, 0.4) is 0 Å². The molecule has 0 heterocycles. The fourth-order valence-electron chi connectivity index (χ4n) is 0.761. The van der Waals surface area contributed by atoms with Crippen LogP contribution in [0.25, 0.3) is 0 Å². The average Bonchev–Trinajstić information content (AvgIpc) is 2.05. The zero-order valence-corrected chi connectivity index (χ0v) is 7.03. The molecule has 0 unspecified atom stereocenters. The molecule has 0 atom stereocenters. The number of hydrogen-bond donors (Lipinski definition) is 1. The molecule has 0 radical (unpaired) electrons. The number of nitro groups is 1. The summed E-state index contributed by atoms with van der Waals surface area (Å²) in [6, 6.07) is 5.97. The van der Waals surface area contributed by atoms with Crippen molar-refractivity contribution >= 4 is 18.3 Å². The standard InChI is InChI=1S/C7H7NO3S/c9-8(10)6-2-1-3-7(4-6)11-5-12/h1-4,12H,5H2. The smallest absolute Gasteiger partial charge is 0.273 e. The van der Waals surface area contributed by atoms with Gasteiger partial charge in [0.05, 0.1) is 11.0 Å². The Morgan fingerprint density at radius 3 is 2.92 bits per heavy atom. The Kier molecular flexibility index (Phi) is 2.93. The second kappa shape index (κ2) is 3.96. The number of rotatable bonds is 3. The number of hydrogen-bond acceptors (Lipinski definition) is 4. The molecule has 0 aromatic heterocycles. The molecule has 0 aliphatic carbocycles. The lowest BCUT2D eigenvalue weighted by atomic mass is 10.3. The minimum atomic E-state index is -0.467. The Bertz CT molecular complexity index is 290. The highest BCUT2D eigenvalue weighted by Gasteiger charge is 2.04. The summed E-state index contributed by atoms with van der Waals surface area (Å²) in [6.45, 7) is 0. The third-order valence-corrected chi connectivity index (χ3v) is 1.39. The Hall–Kier alpha value is -1.23. The maximum Gasteiger partial charge on any atom is 0.273 e. The molecule has 0 saturated heterocycles. The Labute approximate surface area is 74.7 Å². The molecule has 0 aliphatic heterocycles. The van der Waals surface area contributed by atoms with E-state index >= 15 is 0 Å². The van der Waals surface area contributed by atoms with Gasteiger partial charge in [0.2, 0.25) is 0 Å². The number of thiol groups is 1. The molecule has 4 nitrogen and oxygen atoms in total. The first kappa shape index (κ1) is 8.86. The van der Waals surface area contributed by atoms with E-state index < -0.39 is 4.92 Å². The van der Waals surface area contributed by atoms with Gasteiger partial charge < -0.3 is 4.74 Å². The second-order valence-electron chi connectivity index (χ2n) is 2.03. The topological polar surface area (TPSA) is 52.4 Å². The van der Waals surface area contributed by atoms with Gasteiger partial charge in [-0.2, -0.15) is 0 Å². The molecule has 1 aromatic rings. The zero-order valence-electron chi connectivity index (χ0n) is 6.14. The minimum Gasteiger partial charge on any atom is -0.483 e. The van der Waals surface area contributed by atoms with Gasteiger partial charge in [-0.25, -0.2) is 0 Å². The van der Waals surface area contributed by atoms with Gasteiger partial charge in [-0.05, 0) is 6.07 Å². The highest BCUT2D eigenvalue weighted by atomic mass is 32.1. The lowest BCUT2D eigenvalue weighted by molar-refractivity contribution is -0.384. The van der Waals surface area contributed by atoms with Crippen LogP contribution in [0.15, 0.2) is 24.3 Å². The normalized spacial score (nSPS) is 9.42. The van der Waals surface area contributed by atoms with Crippen LogP contribution in [0.2, 0.25) is 0 Å². The molecular weight excluding hydrogens is 178 g/mol. The van der Waals surface area contributed by atoms with Crippen LogP contribution in [-0.2, 0) is 0 Å². The summed E-state index contributed by atoms with van der Waals surface area (Å²) >= 11 is 3.83. The Morgan fingerprint density at radius 1 is 1.58 bits per heavy atom. The predicted octanol–water partition coefficient (Wildman–Crippen LogP) is 1.86. The third kappa shape index (κ3) is 2.13. The molecule has 0 aliphatic rings. The molecule has 12 heavy (non-hydrogen) atoms. The number of nitrogens with zero attached hydrogens (tertiary/aromatic N) is 1. The molecule has 64 valence electrons. The van der Waals surface area contributed by atoms with Crippen molar-refractivity contribution in [2.45, 2.75) is 0 Å². The van der Waals surface area contributed by atoms with E-state index in [2.05, 4.69) is 12.6 Å². The molecule has 0 saturated carbocycles. The quantitative estimate of drug-likeness (QED) is 0.338. The van der Waals surface area contributed by atoms with Crippen molar-refractivity contribution in [2.75, 3.05) is 5.94 Å². The van der Waals surface area contributed by atoms with Crippen molar-refractivity contribution in [3.05, 3.63) is 34.4 Å². The molecular formula is C7H7NO3S. The van der Waals surface area contributed by atoms with Gasteiger partial charge in [-0.3, -0.25) is 10.1 Å². The van der Waals surface area contributed by atoms with E-state index in [0.717, 1.165) is 0 Å². The summed E-state index contributed by atoms with van der Waals surface area (Å²) in [6.07, 6.45) is 0. The van der Waals surface area contributed by atoms with Crippen molar-refractivity contribution in [2.24, 2.45) is 0 Å². The Balaban J connectivity index is 2.88. The maximum atomic E-state index is 10.3. The van der Waals surface area contributed by atoms with E-state index in [1.54, 1.807) is 12.1 Å². The fraction of sp³-hybridized carbons (Fsp3) is 0.143. The van der Waals surface area contributed by atoms with Crippen LogP contribution in [0, 0.1) is 10.1 Å². The van der Waals surface area contributed by atoms with E-state index in [4.69, 9.17) is 4.74 Å². The summed E-state index contributed by atoms with van der Waals surface area (Å²) in [7, 11) is 0. The average molecular weight is 185 g/mol. The van der Waals surface area contributed by atoms with E-state index in [1.165, 1.54) is 12.1 Å². The van der Waals surface area contributed by atoms with Crippen LogP contribution in [0.1, 0.15) is 0 Å². The molecule has 1 rings (SSSR count). The van der Waals surface area contributed by atoms with Gasteiger partial charge in [0.1, 0.15) is 11.7 Å².